The van der Waals surface area contributed by atoms with Gasteiger partial charge in [-0.05, 0) is 23.8 Å². The molecule has 1 aliphatic rings. The predicted octanol–water partition coefficient (Wildman–Crippen LogP) is 3.08. The fourth-order valence-electron chi connectivity index (χ4n) is 3.51. The number of hydrogen-bond donors (Lipinski definition) is 2. The van der Waals surface area contributed by atoms with Gasteiger partial charge in [-0.25, -0.2) is 14.2 Å². The third-order valence-corrected chi connectivity index (χ3v) is 6.20. The first-order chi connectivity index (χ1) is 16.8. The minimum absolute atomic E-state index is 0.0563. The summed E-state index contributed by atoms with van der Waals surface area (Å²) in [6.45, 7) is 1.67. The van der Waals surface area contributed by atoms with Gasteiger partial charge in [0.2, 0.25) is 5.91 Å². The maximum atomic E-state index is 15.0. The number of amides is 2. The fraction of sp³-hybridized carbons (Fsp3) is 0.250. The molecule has 0 aliphatic carbocycles. The molecule has 2 heterocycles. The van der Waals surface area contributed by atoms with Gasteiger partial charge in [0.1, 0.15) is 23.5 Å². The van der Waals surface area contributed by atoms with Gasteiger partial charge >= 0.3 is 12.1 Å². The van der Waals surface area contributed by atoms with E-state index in [4.69, 9.17) is 15.2 Å². The molecule has 9 nitrogen and oxygen atoms in total. The molecule has 2 amide bonds. The van der Waals surface area contributed by atoms with Gasteiger partial charge in [-0.3, -0.25) is 14.5 Å². The molecule has 0 unspecified atom stereocenters. The third kappa shape index (κ3) is 5.81. The number of carbonyl (C=O) groups excluding carboxylic acids is 3. The molecule has 0 bridgehead atoms. The molecule has 1 saturated heterocycles. The highest BCUT2D eigenvalue weighted by molar-refractivity contribution is 7.13. The van der Waals surface area contributed by atoms with Gasteiger partial charge in [-0.15, -0.1) is 11.3 Å². The van der Waals surface area contributed by atoms with Crippen LogP contribution in [0.4, 0.5) is 14.9 Å². The Morgan fingerprint density at radius 1 is 1.26 bits per heavy atom. The molecule has 3 aromatic rings. The lowest BCUT2D eigenvalue weighted by Gasteiger charge is -2.14. The summed E-state index contributed by atoms with van der Waals surface area (Å²) in [5.74, 6) is -1.20. The molecule has 11 heteroatoms. The van der Waals surface area contributed by atoms with Crippen LogP contribution < -0.4 is 16.0 Å². The largest absolute Gasteiger partial charge is 0.458 e. The van der Waals surface area contributed by atoms with Crippen LogP contribution in [-0.4, -0.2) is 48.7 Å². The molecule has 2 aromatic carbocycles. The Hall–Kier alpha value is -3.83. The maximum absolute atomic E-state index is 15.0. The van der Waals surface area contributed by atoms with Crippen LogP contribution in [0.3, 0.4) is 0 Å². The Bertz CT molecular complexity index is 1250. The zero-order valence-corrected chi connectivity index (χ0v) is 19.6. The molecule has 35 heavy (non-hydrogen) atoms. The highest BCUT2D eigenvalue weighted by Crippen LogP contribution is 2.31. The molecule has 1 aliphatic heterocycles. The second-order valence-corrected chi connectivity index (χ2v) is 8.66. The average Bonchev–Trinajstić information content (AvgIpc) is 3.48. The number of nitrogens with one attached hydrogen (secondary N) is 1. The van der Waals surface area contributed by atoms with E-state index in [1.54, 1.807) is 29.6 Å². The Kier molecular flexibility index (Phi) is 7.37. The first-order valence-electron chi connectivity index (χ1n) is 10.8. The van der Waals surface area contributed by atoms with Gasteiger partial charge in [-0.1, -0.05) is 24.3 Å². The lowest BCUT2D eigenvalue weighted by Crippen LogP contribution is -2.33. The first-order valence-corrected chi connectivity index (χ1v) is 11.6. The Morgan fingerprint density at radius 2 is 2.00 bits per heavy atom. The minimum Gasteiger partial charge on any atom is -0.458 e. The summed E-state index contributed by atoms with van der Waals surface area (Å²) in [6.07, 6.45) is -1.08. The molecule has 1 fully saturated rings. The molecular formula is C24H23FN4O5S. The molecule has 4 rings (SSSR count). The second-order valence-electron chi connectivity index (χ2n) is 7.80. The van der Waals surface area contributed by atoms with Crippen LogP contribution in [0, 0.1) is 5.82 Å². The Balaban J connectivity index is 1.44. The van der Waals surface area contributed by atoms with Crippen molar-refractivity contribution in [3.63, 3.8) is 0 Å². The second kappa shape index (κ2) is 10.6. The number of hydrogen-bond acceptors (Lipinski definition) is 8. The van der Waals surface area contributed by atoms with Crippen LogP contribution in [0.15, 0.2) is 47.8 Å². The monoisotopic (exact) mass is 498 g/mol. The third-order valence-electron chi connectivity index (χ3n) is 5.26. The van der Waals surface area contributed by atoms with Crippen LogP contribution in [0.1, 0.15) is 12.6 Å². The predicted molar refractivity (Wildman–Crippen MR) is 128 cm³/mol. The summed E-state index contributed by atoms with van der Waals surface area (Å²) in [4.78, 5) is 40.3. The summed E-state index contributed by atoms with van der Waals surface area (Å²) < 4.78 is 25.2. The summed E-state index contributed by atoms with van der Waals surface area (Å²) in [5, 5.41) is 5.15. The number of carbonyl (C=O) groups is 3. The van der Waals surface area contributed by atoms with Gasteiger partial charge in [0.15, 0.2) is 0 Å². The van der Waals surface area contributed by atoms with E-state index in [1.165, 1.54) is 29.2 Å². The highest BCUT2D eigenvalue weighted by atomic mass is 32.1. The lowest BCUT2D eigenvalue weighted by atomic mass is 10.0. The van der Waals surface area contributed by atoms with Crippen LogP contribution >= 0.6 is 11.3 Å². The van der Waals surface area contributed by atoms with E-state index >= 15 is 0 Å². The number of rotatable bonds is 8. The highest BCUT2D eigenvalue weighted by Gasteiger charge is 2.32. The van der Waals surface area contributed by atoms with E-state index in [2.05, 4.69) is 10.3 Å². The Morgan fingerprint density at radius 3 is 2.69 bits per heavy atom. The van der Waals surface area contributed by atoms with Crippen LogP contribution in [0.2, 0.25) is 0 Å². The molecule has 0 spiro atoms. The quantitative estimate of drug-likeness (QED) is 0.458. The van der Waals surface area contributed by atoms with E-state index in [9.17, 15) is 18.8 Å². The standard InChI is InChI=1S/C24H23FN4O5S/c1-14(30)27-10-19-11-29(24(32)34-19)18-6-7-20(21(25)8-18)15-2-4-16(5-3-15)23-28-17(13-35-23)12-33-22(31)9-26/h2-8,13,19H,9-12,26H2,1H3,(H,27,30)/t19-/m0/s1. The summed E-state index contributed by atoms with van der Waals surface area (Å²) in [7, 11) is 0. The van der Waals surface area contributed by atoms with Crippen molar-refractivity contribution in [3.05, 3.63) is 59.4 Å². The summed E-state index contributed by atoms with van der Waals surface area (Å²) in [5.41, 5.74) is 8.12. The van der Waals surface area contributed by atoms with E-state index in [0.29, 0.717) is 22.5 Å². The minimum atomic E-state index is -0.586. The molecule has 1 aromatic heterocycles. The van der Waals surface area contributed by atoms with Crippen LogP contribution in [0.5, 0.6) is 0 Å². The number of esters is 1. The van der Waals surface area contributed by atoms with Crippen molar-refractivity contribution in [1.29, 1.82) is 0 Å². The number of nitrogens with two attached hydrogens (primary N) is 1. The van der Waals surface area contributed by atoms with Crippen molar-refractivity contribution >= 4 is 35.0 Å². The van der Waals surface area contributed by atoms with Crippen molar-refractivity contribution < 1.29 is 28.2 Å². The van der Waals surface area contributed by atoms with Crippen molar-refractivity contribution in [2.75, 3.05) is 24.5 Å². The number of anilines is 1. The van der Waals surface area contributed by atoms with Crippen LogP contribution in [-0.2, 0) is 25.7 Å². The lowest BCUT2D eigenvalue weighted by molar-refractivity contribution is -0.143. The zero-order chi connectivity index (χ0) is 24.9. The summed E-state index contributed by atoms with van der Waals surface area (Å²) >= 11 is 1.41. The topological polar surface area (TPSA) is 124 Å². The van der Waals surface area contributed by atoms with Gasteiger partial charge in [0.05, 0.1) is 31.0 Å². The van der Waals surface area contributed by atoms with E-state index in [1.807, 2.05) is 12.1 Å². The van der Waals surface area contributed by atoms with Crippen LogP contribution in [0.25, 0.3) is 21.7 Å². The number of nitrogens with zero attached hydrogens (tertiary/aromatic N) is 2. The summed E-state index contributed by atoms with van der Waals surface area (Å²) in [6, 6.07) is 11.8. The smallest absolute Gasteiger partial charge is 0.414 e. The van der Waals surface area contributed by atoms with Crippen molar-refractivity contribution in [2.45, 2.75) is 19.6 Å². The van der Waals surface area contributed by atoms with Gasteiger partial charge in [0.25, 0.3) is 0 Å². The van der Waals surface area contributed by atoms with Crippen molar-refractivity contribution in [3.8, 4) is 21.7 Å². The number of benzene rings is 2. The molecular weight excluding hydrogens is 475 g/mol. The number of ether oxygens (including phenoxy) is 2. The van der Waals surface area contributed by atoms with Gasteiger partial charge in [-0.2, -0.15) is 0 Å². The number of halogens is 1. The molecule has 1 atom stereocenters. The van der Waals surface area contributed by atoms with Crippen molar-refractivity contribution in [2.24, 2.45) is 5.73 Å². The maximum Gasteiger partial charge on any atom is 0.414 e. The zero-order valence-electron chi connectivity index (χ0n) is 18.8. The average molecular weight is 499 g/mol. The first kappa shape index (κ1) is 24.3. The normalized spacial score (nSPS) is 15.1. The molecule has 0 saturated carbocycles. The molecule has 182 valence electrons. The number of cyclic esters (lactones) is 1. The molecule has 3 N–H and O–H groups in total. The van der Waals surface area contributed by atoms with Gasteiger partial charge < -0.3 is 20.5 Å². The van der Waals surface area contributed by atoms with Gasteiger partial charge in [0, 0.05) is 23.4 Å². The van der Waals surface area contributed by atoms with E-state index < -0.39 is 24.0 Å². The SMILES string of the molecule is CC(=O)NC[C@H]1CN(c2ccc(-c3ccc(-c4nc(COC(=O)CN)cs4)cc3)c(F)c2)C(=O)O1. The Labute approximate surface area is 204 Å². The fourth-order valence-corrected chi connectivity index (χ4v) is 4.32. The van der Waals surface area contributed by atoms with E-state index in [-0.39, 0.29) is 32.1 Å². The van der Waals surface area contributed by atoms with E-state index in [0.717, 1.165) is 10.6 Å². The number of thiazole rings is 1. The molecule has 0 radical (unpaired) electrons. The number of aromatic nitrogens is 1. The van der Waals surface area contributed by atoms with Crippen molar-refractivity contribution in [1.82, 2.24) is 10.3 Å².